The maximum absolute atomic E-state index is 12.0. The molecule has 1 saturated heterocycles. The van der Waals surface area contributed by atoms with Gasteiger partial charge in [-0.3, -0.25) is 9.69 Å². The first-order valence-corrected chi connectivity index (χ1v) is 8.84. The summed E-state index contributed by atoms with van der Waals surface area (Å²) in [6.45, 7) is 4.53. The number of nitrogens with one attached hydrogen (secondary N) is 1. The van der Waals surface area contributed by atoms with Crippen molar-refractivity contribution in [3.8, 4) is 0 Å². The lowest BCUT2D eigenvalue weighted by Gasteiger charge is -2.30. The molecule has 3 rings (SSSR count). The number of likely N-dealkylation sites (tertiary alicyclic amines) is 1. The van der Waals surface area contributed by atoms with E-state index < -0.39 is 0 Å². The van der Waals surface area contributed by atoms with Crippen LogP contribution < -0.4 is 5.32 Å². The first-order valence-electron chi connectivity index (χ1n) is 8.02. The Labute approximate surface area is 130 Å². The van der Waals surface area contributed by atoms with Crippen LogP contribution in [0.25, 0.3) is 0 Å². The number of nitrogens with zero attached hydrogens (tertiary/aromatic N) is 3. The lowest BCUT2D eigenvalue weighted by Crippen LogP contribution is -2.43. The van der Waals surface area contributed by atoms with E-state index in [1.54, 1.807) is 11.3 Å². The quantitative estimate of drug-likeness (QED) is 0.925. The predicted octanol–water partition coefficient (Wildman–Crippen LogP) is 2.08. The topological polar surface area (TPSA) is 58.1 Å². The van der Waals surface area contributed by atoms with Gasteiger partial charge in [0.1, 0.15) is 10.0 Å². The van der Waals surface area contributed by atoms with Gasteiger partial charge in [0.2, 0.25) is 5.91 Å². The van der Waals surface area contributed by atoms with Crippen LogP contribution in [0.5, 0.6) is 0 Å². The lowest BCUT2D eigenvalue weighted by atomic mass is 9.98. The maximum Gasteiger partial charge on any atom is 0.234 e. The summed E-state index contributed by atoms with van der Waals surface area (Å²) in [7, 11) is 0. The summed E-state index contributed by atoms with van der Waals surface area (Å²) in [4.78, 5) is 14.3. The van der Waals surface area contributed by atoms with Gasteiger partial charge in [-0.1, -0.05) is 12.8 Å². The minimum Gasteiger partial charge on any atom is -0.352 e. The van der Waals surface area contributed by atoms with Crippen LogP contribution in [0.15, 0.2) is 0 Å². The molecule has 6 heteroatoms. The molecule has 0 spiro atoms. The van der Waals surface area contributed by atoms with Crippen molar-refractivity contribution in [3.63, 3.8) is 0 Å². The second-order valence-electron chi connectivity index (χ2n) is 6.26. The summed E-state index contributed by atoms with van der Waals surface area (Å²) >= 11 is 1.71. The molecular formula is C15H24N4OS. The van der Waals surface area contributed by atoms with Gasteiger partial charge < -0.3 is 5.32 Å². The number of hydrogen-bond acceptors (Lipinski definition) is 5. The smallest absolute Gasteiger partial charge is 0.234 e. The maximum atomic E-state index is 12.0. The zero-order valence-corrected chi connectivity index (χ0v) is 13.5. The third-order valence-corrected chi connectivity index (χ3v) is 5.57. The van der Waals surface area contributed by atoms with Crippen LogP contribution in [0.4, 0.5) is 0 Å². The van der Waals surface area contributed by atoms with E-state index in [1.807, 2.05) is 6.92 Å². The zero-order chi connectivity index (χ0) is 14.7. The van der Waals surface area contributed by atoms with Gasteiger partial charge >= 0.3 is 0 Å². The summed E-state index contributed by atoms with van der Waals surface area (Å²) in [5.41, 5.74) is 0. The minimum absolute atomic E-state index is 0.201. The highest BCUT2D eigenvalue weighted by atomic mass is 32.1. The third-order valence-electron chi connectivity index (χ3n) is 4.57. The molecule has 2 heterocycles. The SMILES string of the molecule is Cc1nnc(C2CCN(CC(=O)NC3CCCC3)CC2)s1. The van der Waals surface area contributed by atoms with E-state index in [2.05, 4.69) is 20.4 Å². The fraction of sp³-hybridized carbons (Fsp3) is 0.800. The standard InChI is InChI=1S/C15H24N4OS/c1-11-17-18-15(21-11)12-6-8-19(9-7-12)10-14(20)16-13-4-2-3-5-13/h12-13H,2-10H2,1H3,(H,16,20). The van der Waals surface area contributed by atoms with Crippen LogP contribution in [0, 0.1) is 6.92 Å². The number of aryl methyl sites for hydroxylation is 1. The van der Waals surface area contributed by atoms with Crippen molar-refractivity contribution in [3.05, 3.63) is 10.0 Å². The second kappa shape index (κ2) is 6.83. The number of rotatable bonds is 4. The highest BCUT2D eigenvalue weighted by Gasteiger charge is 2.25. The minimum atomic E-state index is 0.201. The molecule has 1 saturated carbocycles. The molecule has 2 fully saturated rings. The number of aromatic nitrogens is 2. The Bertz CT molecular complexity index is 476. The molecule has 0 aromatic carbocycles. The molecule has 1 aliphatic carbocycles. The monoisotopic (exact) mass is 308 g/mol. The molecule has 1 aliphatic heterocycles. The van der Waals surface area contributed by atoms with E-state index in [4.69, 9.17) is 0 Å². The Morgan fingerprint density at radius 2 is 1.95 bits per heavy atom. The fourth-order valence-electron chi connectivity index (χ4n) is 3.36. The molecule has 5 nitrogen and oxygen atoms in total. The molecule has 1 N–H and O–H groups in total. The number of amides is 1. The van der Waals surface area contributed by atoms with Crippen LogP contribution in [-0.4, -0.2) is 46.7 Å². The second-order valence-corrected chi connectivity index (χ2v) is 7.47. The summed E-state index contributed by atoms with van der Waals surface area (Å²) in [5.74, 6) is 0.734. The van der Waals surface area contributed by atoms with Crippen molar-refractivity contribution >= 4 is 17.2 Å². The Kier molecular flexibility index (Phi) is 4.85. The van der Waals surface area contributed by atoms with Crippen molar-refractivity contribution in [1.29, 1.82) is 0 Å². The highest BCUT2D eigenvalue weighted by Crippen LogP contribution is 2.29. The summed E-state index contributed by atoms with van der Waals surface area (Å²) in [5, 5.41) is 13.8. The average Bonchev–Trinajstić information content (AvgIpc) is 3.11. The van der Waals surface area contributed by atoms with E-state index in [-0.39, 0.29) is 5.91 Å². The Hall–Kier alpha value is -1.01. The van der Waals surface area contributed by atoms with Crippen LogP contribution >= 0.6 is 11.3 Å². The Morgan fingerprint density at radius 1 is 1.24 bits per heavy atom. The number of piperidine rings is 1. The average molecular weight is 308 g/mol. The van der Waals surface area contributed by atoms with Gasteiger partial charge in [0.05, 0.1) is 6.54 Å². The molecule has 0 bridgehead atoms. The number of carbonyl (C=O) groups excluding carboxylic acids is 1. The lowest BCUT2D eigenvalue weighted by molar-refractivity contribution is -0.123. The van der Waals surface area contributed by atoms with Crippen LogP contribution in [-0.2, 0) is 4.79 Å². The Balaban J connectivity index is 1.42. The van der Waals surface area contributed by atoms with Crippen molar-refractivity contribution in [2.45, 2.75) is 57.4 Å². The highest BCUT2D eigenvalue weighted by molar-refractivity contribution is 7.11. The van der Waals surface area contributed by atoms with Gasteiger partial charge in [0.25, 0.3) is 0 Å². The molecule has 2 aliphatic rings. The van der Waals surface area contributed by atoms with E-state index in [9.17, 15) is 4.79 Å². The first-order chi connectivity index (χ1) is 10.2. The fourth-order valence-corrected chi connectivity index (χ4v) is 4.23. The molecule has 0 atom stereocenters. The van der Waals surface area contributed by atoms with Gasteiger partial charge in [-0.25, -0.2) is 0 Å². The zero-order valence-electron chi connectivity index (χ0n) is 12.7. The first kappa shape index (κ1) is 14.9. The number of carbonyl (C=O) groups is 1. The molecule has 1 aromatic rings. The molecule has 1 amide bonds. The van der Waals surface area contributed by atoms with Gasteiger partial charge in [0.15, 0.2) is 0 Å². The number of hydrogen-bond donors (Lipinski definition) is 1. The van der Waals surface area contributed by atoms with Crippen LogP contribution in [0.2, 0.25) is 0 Å². The molecule has 21 heavy (non-hydrogen) atoms. The molecule has 116 valence electrons. The normalized spacial score (nSPS) is 21.8. The van der Waals surface area contributed by atoms with Crippen LogP contribution in [0.3, 0.4) is 0 Å². The molecule has 0 unspecified atom stereocenters. The van der Waals surface area contributed by atoms with Crippen molar-refractivity contribution < 1.29 is 4.79 Å². The van der Waals surface area contributed by atoms with E-state index in [0.29, 0.717) is 18.5 Å². The summed E-state index contributed by atoms with van der Waals surface area (Å²) in [6.07, 6.45) is 7.01. The van der Waals surface area contributed by atoms with Crippen molar-refractivity contribution in [2.75, 3.05) is 19.6 Å². The van der Waals surface area contributed by atoms with Crippen molar-refractivity contribution in [2.24, 2.45) is 0 Å². The summed E-state index contributed by atoms with van der Waals surface area (Å²) in [6, 6.07) is 0.430. The summed E-state index contributed by atoms with van der Waals surface area (Å²) < 4.78 is 0. The van der Waals surface area contributed by atoms with E-state index in [1.165, 1.54) is 17.8 Å². The molecule has 1 aromatic heterocycles. The van der Waals surface area contributed by atoms with E-state index in [0.717, 1.165) is 43.8 Å². The Morgan fingerprint density at radius 3 is 2.57 bits per heavy atom. The third kappa shape index (κ3) is 4.01. The van der Waals surface area contributed by atoms with Gasteiger partial charge in [-0.15, -0.1) is 21.5 Å². The van der Waals surface area contributed by atoms with Gasteiger partial charge in [-0.2, -0.15) is 0 Å². The van der Waals surface area contributed by atoms with Gasteiger partial charge in [0, 0.05) is 12.0 Å². The van der Waals surface area contributed by atoms with E-state index >= 15 is 0 Å². The van der Waals surface area contributed by atoms with Crippen molar-refractivity contribution in [1.82, 2.24) is 20.4 Å². The largest absolute Gasteiger partial charge is 0.352 e. The van der Waals surface area contributed by atoms with Gasteiger partial charge in [-0.05, 0) is 45.7 Å². The van der Waals surface area contributed by atoms with Crippen LogP contribution in [0.1, 0.15) is 54.5 Å². The molecular weight excluding hydrogens is 284 g/mol. The molecule has 0 radical (unpaired) electrons. The predicted molar refractivity (Wildman–Crippen MR) is 83.5 cm³/mol.